The van der Waals surface area contributed by atoms with Gasteiger partial charge >= 0.3 is 0 Å². The first-order chi connectivity index (χ1) is 32.8. The van der Waals surface area contributed by atoms with Gasteiger partial charge in [0.25, 0.3) is 0 Å². The standard InChI is InChI=1S/C59H40N2S/c1-5-21-42(22-6-1)59(54-31-18-34-57-58(54)49-30-15-16-33-56(49)62-57)52-37-35-46(60(43-23-7-2-8-24-43)44-25-9-3-10-26-44)39-50(52)51-40-47(36-38-53(51)59)61(45-27-11-4-12-28-45)55-32-17-20-41-19-13-14-29-48(41)55/h1-40H/i1D,5D,6D,21D,22D. The fourth-order valence-corrected chi connectivity index (χ4v) is 10.9. The fraction of sp³-hybridized carbons (Fsp3) is 0.0169. The van der Waals surface area contributed by atoms with E-state index in [1.165, 1.54) is 0 Å². The highest BCUT2D eigenvalue weighted by molar-refractivity contribution is 7.25. The van der Waals surface area contributed by atoms with Crippen LogP contribution in [0, 0.1) is 0 Å². The van der Waals surface area contributed by atoms with E-state index in [9.17, 15) is 5.48 Å². The Bertz CT molecular complexity index is 3650. The quantitative estimate of drug-likeness (QED) is 0.151. The minimum atomic E-state index is -1.36. The van der Waals surface area contributed by atoms with Crippen LogP contribution in [0.15, 0.2) is 243 Å². The van der Waals surface area contributed by atoms with E-state index in [0.29, 0.717) is 0 Å². The van der Waals surface area contributed by atoms with E-state index in [1.807, 2.05) is 54.6 Å². The Kier molecular flexibility index (Phi) is 7.43. The predicted octanol–water partition coefficient (Wildman–Crippen LogP) is 16.5. The molecule has 1 aliphatic carbocycles. The first-order valence-electron chi connectivity index (χ1n) is 23.4. The summed E-state index contributed by atoms with van der Waals surface area (Å²) in [7, 11) is 0. The predicted molar refractivity (Wildman–Crippen MR) is 264 cm³/mol. The molecule has 0 N–H and O–H groups in total. The van der Waals surface area contributed by atoms with Crippen molar-refractivity contribution in [2.45, 2.75) is 5.41 Å². The number of anilines is 6. The molecule has 62 heavy (non-hydrogen) atoms. The summed E-state index contributed by atoms with van der Waals surface area (Å²) < 4.78 is 49.1. The second-order valence-corrected chi connectivity index (χ2v) is 16.7. The first-order valence-corrected chi connectivity index (χ1v) is 21.7. The summed E-state index contributed by atoms with van der Waals surface area (Å²) in [6, 6.07) is 71.9. The van der Waals surface area contributed by atoms with Crippen LogP contribution in [-0.2, 0) is 5.41 Å². The molecule has 0 saturated heterocycles. The zero-order chi connectivity index (χ0) is 45.4. The molecule has 0 fully saturated rings. The molecule has 1 unspecified atom stereocenters. The number of benzene rings is 10. The Balaban J connectivity index is 1.24. The summed E-state index contributed by atoms with van der Waals surface area (Å²) in [4.78, 5) is 4.54. The first kappa shape index (κ1) is 31.2. The highest BCUT2D eigenvalue weighted by atomic mass is 32.1. The van der Waals surface area contributed by atoms with Crippen LogP contribution in [0.3, 0.4) is 0 Å². The van der Waals surface area contributed by atoms with Gasteiger partial charge in [-0.05, 0) is 118 Å². The van der Waals surface area contributed by atoms with Gasteiger partial charge in [0.05, 0.1) is 18.0 Å². The van der Waals surface area contributed by atoms with Crippen LogP contribution in [0.2, 0.25) is 0 Å². The van der Waals surface area contributed by atoms with Crippen molar-refractivity contribution in [2.75, 3.05) is 9.80 Å². The lowest BCUT2D eigenvalue weighted by Crippen LogP contribution is -2.29. The molecule has 3 heteroatoms. The van der Waals surface area contributed by atoms with Gasteiger partial charge in [-0.1, -0.05) is 164 Å². The molecule has 1 aromatic heterocycles. The van der Waals surface area contributed by atoms with E-state index in [-0.39, 0.29) is 29.7 Å². The van der Waals surface area contributed by atoms with Crippen LogP contribution in [0.25, 0.3) is 42.1 Å². The molecule has 0 spiro atoms. The molecule has 1 atom stereocenters. The van der Waals surface area contributed by atoms with Gasteiger partial charge in [-0.25, -0.2) is 0 Å². The average molecular weight is 814 g/mol. The Hall–Kier alpha value is -7.72. The van der Waals surface area contributed by atoms with Crippen LogP contribution >= 0.6 is 11.3 Å². The summed E-state index contributed by atoms with van der Waals surface area (Å²) in [5, 5.41) is 4.27. The minimum absolute atomic E-state index is 0.221. The molecule has 292 valence electrons. The van der Waals surface area contributed by atoms with Gasteiger partial charge in [0.1, 0.15) is 0 Å². The van der Waals surface area contributed by atoms with E-state index in [2.05, 4.69) is 168 Å². The third kappa shape index (κ3) is 5.63. The van der Waals surface area contributed by atoms with Gasteiger partial charge in [0.15, 0.2) is 0 Å². The lowest BCUT2D eigenvalue weighted by molar-refractivity contribution is 0.777. The number of fused-ring (bicyclic) bond motifs is 7. The van der Waals surface area contributed by atoms with Gasteiger partial charge in [0.2, 0.25) is 0 Å². The molecule has 0 amide bonds. The average Bonchev–Trinajstić information content (AvgIpc) is 3.90. The Morgan fingerprint density at radius 2 is 0.903 bits per heavy atom. The second kappa shape index (κ2) is 14.8. The van der Waals surface area contributed by atoms with Crippen LogP contribution < -0.4 is 9.80 Å². The van der Waals surface area contributed by atoms with Gasteiger partial charge in [-0.3, -0.25) is 0 Å². The van der Waals surface area contributed by atoms with Crippen molar-refractivity contribution in [2.24, 2.45) is 0 Å². The molecule has 0 saturated carbocycles. The molecule has 0 radical (unpaired) electrons. The molecule has 10 aromatic carbocycles. The molecule has 0 bridgehead atoms. The van der Waals surface area contributed by atoms with Crippen molar-refractivity contribution in [3.63, 3.8) is 0 Å². The Labute approximate surface area is 372 Å². The third-order valence-corrected chi connectivity index (χ3v) is 13.5. The highest BCUT2D eigenvalue weighted by Crippen LogP contribution is 2.60. The summed E-state index contributed by atoms with van der Waals surface area (Å²) in [6.45, 7) is 0. The summed E-state index contributed by atoms with van der Waals surface area (Å²) >= 11 is 1.70. The minimum Gasteiger partial charge on any atom is -0.310 e. The molecule has 1 aliphatic rings. The largest absolute Gasteiger partial charge is 0.310 e. The van der Waals surface area contributed by atoms with Crippen LogP contribution in [0.4, 0.5) is 34.1 Å². The second-order valence-electron chi connectivity index (χ2n) is 15.7. The normalized spacial score (nSPS) is 15.3. The Morgan fingerprint density at radius 1 is 0.387 bits per heavy atom. The fourth-order valence-electron chi connectivity index (χ4n) is 9.82. The molecule has 12 rings (SSSR count). The van der Waals surface area contributed by atoms with Gasteiger partial charge < -0.3 is 9.80 Å². The van der Waals surface area contributed by atoms with Crippen molar-refractivity contribution in [3.8, 4) is 11.1 Å². The van der Waals surface area contributed by atoms with E-state index in [0.717, 1.165) is 92.9 Å². The van der Waals surface area contributed by atoms with Crippen molar-refractivity contribution >= 4 is 76.4 Å². The van der Waals surface area contributed by atoms with Gasteiger partial charge in [-0.15, -0.1) is 11.3 Å². The van der Waals surface area contributed by atoms with Crippen molar-refractivity contribution in [1.29, 1.82) is 0 Å². The number of hydrogen-bond acceptors (Lipinski definition) is 3. The monoisotopic (exact) mass is 813 g/mol. The van der Waals surface area contributed by atoms with Crippen molar-refractivity contribution < 1.29 is 6.85 Å². The van der Waals surface area contributed by atoms with Crippen molar-refractivity contribution in [1.82, 2.24) is 0 Å². The zero-order valence-electron chi connectivity index (χ0n) is 38.5. The Morgan fingerprint density at radius 3 is 1.56 bits per heavy atom. The lowest BCUT2D eigenvalue weighted by atomic mass is 9.66. The van der Waals surface area contributed by atoms with Gasteiger partial charge in [-0.2, -0.15) is 0 Å². The number of hydrogen-bond donors (Lipinski definition) is 0. The van der Waals surface area contributed by atoms with Crippen LogP contribution in [-0.4, -0.2) is 0 Å². The van der Waals surface area contributed by atoms with Gasteiger partial charge in [0, 0.05) is 54.0 Å². The SMILES string of the molecule is [2H]c1c([2H])c([2H])c(C2(c3cccc4sc5ccccc5c34)c3ccc(N(c4ccccc4)c4ccccc4)cc3-c3cc(N(c4ccccc4)c4cccc5ccccc45)ccc32)c([2H])c1[2H]. The van der Waals surface area contributed by atoms with Crippen LogP contribution in [0.1, 0.15) is 29.1 Å². The smallest absolute Gasteiger partial charge is 0.0720 e. The number of para-hydroxylation sites is 3. The lowest BCUT2D eigenvalue weighted by Gasteiger charge is -2.35. The van der Waals surface area contributed by atoms with E-state index in [1.54, 1.807) is 11.3 Å². The summed E-state index contributed by atoms with van der Waals surface area (Å²) in [6.07, 6.45) is 0. The maximum absolute atomic E-state index is 9.85. The van der Waals surface area contributed by atoms with E-state index < -0.39 is 11.5 Å². The topological polar surface area (TPSA) is 6.48 Å². The molecular weight excluding hydrogens is 769 g/mol. The maximum atomic E-state index is 9.85. The number of rotatable bonds is 8. The molecule has 0 aliphatic heterocycles. The van der Waals surface area contributed by atoms with E-state index >= 15 is 0 Å². The van der Waals surface area contributed by atoms with Crippen LogP contribution in [0.5, 0.6) is 0 Å². The number of thiophene rings is 1. The van der Waals surface area contributed by atoms with Crippen molar-refractivity contribution in [3.05, 3.63) is 265 Å². The third-order valence-electron chi connectivity index (χ3n) is 12.4. The summed E-state index contributed by atoms with van der Waals surface area (Å²) in [5.74, 6) is 0. The number of nitrogens with zero attached hydrogens (tertiary/aromatic N) is 2. The molecular formula is C59H40N2S. The molecule has 1 heterocycles. The summed E-state index contributed by atoms with van der Waals surface area (Å²) in [5.41, 5.74) is 8.99. The van der Waals surface area contributed by atoms with E-state index in [4.69, 9.17) is 1.37 Å². The molecule has 11 aromatic rings. The molecule has 2 nitrogen and oxygen atoms in total. The zero-order valence-corrected chi connectivity index (χ0v) is 34.3. The maximum Gasteiger partial charge on any atom is 0.0720 e. The highest BCUT2D eigenvalue weighted by Gasteiger charge is 2.48.